The molecule has 0 aliphatic rings. The first-order valence-electron chi connectivity index (χ1n) is 3.11. The molecule has 1 N–H and O–H groups in total. The topological polar surface area (TPSA) is 51.2 Å². The van der Waals surface area contributed by atoms with E-state index in [1.165, 1.54) is 18.4 Å². The number of amides is 1. The maximum Gasteiger partial charge on any atom is 0.294 e. The van der Waals surface area contributed by atoms with Crippen molar-refractivity contribution < 1.29 is 9.63 Å². The van der Waals surface area contributed by atoms with Crippen molar-refractivity contribution in [2.45, 2.75) is 6.92 Å². The van der Waals surface area contributed by atoms with E-state index < -0.39 is 0 Å². The molecule has 0 saturated heterocycles. The Morgan fingerprint density at radius 2 is 2.42 bits per heavy atom. The number of hydrogen-bond donors (Lipinski definition) is 1. The molecule has 0 atom stereocenters. The average molecular weight is 251 g/mol. The fourth-order valence-corrected chi connectivity index (χ4v) is 2.25. The van der Waals surface area contributed by atoms with Crippen LogP contribution in [0.3, 0.4) is 0 Å². The molecular weight excluding hydrogens is 244 g/mol. The molecule has 4 nitrogen and oxygen atoms in total. The molecule has 1 heterocycles. The van der Waals surface area contributed by atoms with Gasteiger partial charge in [-0.15, -0.1) is 11.3 Å². The van der Waals surface area contributed by atoms with Gasteiger partial charge in [-0.1, -0.05) is 0 Å². The summed E-state index contributed by atoms with van der Waals surface area (Å²) in [6.45, 7) is 1.83. The summed E-state index contributed by atoms with van der Waals surface area (Å²) in [6, 6.07) is 0. The first-order valence-corrected chi connectivity index (χ1v) is 4.72. The number of halogens is 1. The van der Waals surface area contributed by atoms with Crippen molar-refractivity contribution in [3.05, 3.63) is 14.5 Å². The molecule has 0 spiro atoms. The number of carbonyl (C=O) groups is 1. The minimum Gasteiger partial charge on any atom is -0.277 e. The summed E-state index contributed by atoms with van der Waals surface area (Å²) in [5.74, 6) is -0.322. The van der Waals surface area contributed by atoms with Crippen molar-refractivity contribution >= 4 is 33.2 Å². The van der Waals surface area contributed by atoms with Crippen LogP contribution in [0.2, 0.25) is 0 Å². The Balaban J connectivity index is 2.87. The van der Waals surface area contributed by atoms with E-state index in [2.05, 4.69) is 31.2 Å². The van der Waals surface area contributed by atoms with Gasteiger partial charge in [-0.3, -0.25) is 9.63 Å². The predicted molar refractivity (Wildman–Crippen MR) is 49.0 cm³/mol. The molecule has 0 unspecified atom stereocenters. The number of hydrogen-bond acceptors (Lipinski definition) is 4. The zero-order chi connectivity index (χ0) is 9.14. The summed E-state index contributed by atoms with van der Waals surface area (Å²) in [7, 11) is 1.38. The SMILES string of the molecule is CONC(=O)c1nc(Br)sc1C. The van der Waals surface area contributed by atoms with E-state index in [0.29, 0.717) is 9.61 Å². The Hall–Kier alpha value is -0.460. The van der Waals surface area contributed by atoms with Crippen LogP contribution in [-0.4, -0.2) is 18.0 Å². The molecule has 66 valence electrons. The van der Waals surface area contributed by atoms with Gasteiger partial charge in [0.05, 0.1) is 7.11 Å². The zero-order valence-corrected chi connectivity index (χ0v) is 8.95. The number of hydroxylamine groups is 1. The average Bonchev–Trinajstić information content (AvgIpc) is 2.30. The standard InChI is InChI=1S/C6H7BrN2O2S/c1-3-4(5(10)9-11-2)8-6(7)12-3/h1-2H3,(H,9,10). The van der Waals surface area contributed by atoms with Crippen LogP contribution in [0.4, 0.5) is 0 Å². The van der Waals surface area contributed by atoms with Crippen LogP contribution in [0, 0.1) is 6.92 Å². The smallest absolute Gasteiger partial charge is 0.277 e. The van der Waals surface area contributed by atoms with Crippen LogP contribution in [0.25, 0.3) is 0 Å². The lowest BCUT2D eigenvalue weighted by Crippen LogP contribution is -2.22. The maximum atomic E-state index is 11.2. The van der Waals surface area contributed by atoms with Crippen LogP contribution in [0.5, 0.6) is 0 Å². The quantitative estimate of drug-likeness (QED) is 0.810. The molecule has 0 radical (unpaired) electrons. The second-order valence-corrected chi connectivity index (χ2v) is 4.49. The fourth-order valence-electron chi connectivity index (χ4n) is 0.716. The zero-order valence-electron chi connectivity index (χ0n) is 6.55. The van der Waals surface area contributed by atoms with Gasteiger partial charge in [0.25, 0.3) is 5.91 Å². The lowest BCUT2D eigenvalue weighted by Gasteiger charge is -1.97. The minimum absolute atomic E-state index is 0.322. The Morgan fingerprint density at radius 1 is 1.75 bits per heavy atom. The second kappa shape index (κ2) is 3.97. The lowest BCUT2D eigenvalue weighted by molar-refractivity contribution is 0.0532. The van der Waals surface area contributed by atoms with E-state index in [4.69, 9.17) is 0 Å². The van der Waals surface area contributed by atoms with E-state index in [1.807, 2.05) is 6.92 Å². The van der Waals surface area contributed by atoms with Crippen LogP contribution >= 0.6 is 27.3 Å². The van der Waals surface area contributed by atoms with Crippen LogP contribution in [-0.2, 0) is 4.84 Å². The molecular formula is C6H7BrN2O2S. The van der Waals surface area contributed by atoms with Gasteiger partial charge in [0.2, 0.25) is 0 Å². The highest BCUT2D eigenvalue weighted by Gasteiger charge is 2.13. The van der Waals surface area contributed by atoms with Gasteiger partial charge in [-0.25, -0.2) is 10.5 Å². The van der Waals surface area contributed by atoms with Crippen molar-refractivity contribution in [2.24, 2.45) is 0 Å². The minimum atomic E-state index is -0.322. The second-order valence-electron chi connectivity index (χ2n) is 2.01. The number of rotatable bonds is 2. The largest absolute Gasteiger partial charge is 0.294 e. The molecule has 6 heteroatoms. The van der Waals surface area contributed by atoms with E-state index in [1.54, 1.807) is 0 Å². The summed E-state index contributed by atoms with van der Waals surface area (Å²) >= 11 is 4.60. The molecule has 1 amide bonds. The first-order chi connectivity index (χ1) is 5.65. The van der Waals surface area contributed by atoms with Crippen molar-refractivity contribution in [1.82, 2.24) is 10.5 Å². The predicted octanol–water partition coefficient (Wildman–Crippen LogP) is 1.51. The van der Waals surface area contributed by atoms with Gasteiger partial charge in [-0.05, 0) is 22.9 Å². The van der Waals surface area contributed by atoms with E-state index in [9.17, 15) is 4.79 Å². The first kappa shape index (κ1) is 9.63. The lowest BCUT2D eigenvalue weighted by atomic mass is 10.4. The highest BCUT2D eigenvalue weighted by atomic mass is 79.9. The summed E-state index contributed by atoms with van der Waals surface area (Å²) < 4.78 is 0.696. The van der Waals surface area contributed by atoms with Crippen molar-refractivity contribution in [3.63, 3.8) is 0 Å². The third-order valence-electron chi connectivity index (χ3n) is 1.18. The molecule has 12 heavy (non-hydrogen) atoms. The number of aryl methyl sites for hydroxylation is 1. The molecule has 0 aliphatic heterocycles. The summed E-state index contributed by atoms with van der Waals surface area (Å²) in [6.07, 6.45) is 0. The normalized spacial score (nSPS) is 9.92. The van der Waals surface area contributed by atoms with Crippen LogP contribution in [0.15, 0.2) is 3.92 Å². The Morgan fingerprint density at radius 3 is 2.83 bits per heavy atom. The molecule has 0 bridgehead atoms. The van der Waals surface area contributed by atoms with Gasteiger partial charge in [0, 0.05) is 4.88 Å². The van der Waals surface area contributed by atoms with E-state index in [-0.39, 0.29) is 5.91 Å². The number of thiazole rings is 1. The monoisotopic (exact) mass is 250 g/mol. The Bertz CT molecular complexity index is 300. The number of nitrogens with one attached hydrogen (secondary N) is 1. The molecule has 0 aliphatic carbocycles. The van der Waals surface area contributed by atoms with E-state index >= 15 is 0 Å². The molecule has 1 aromatic rings. The Kier molecular flexibility index (Phi) is 3.19. The number of nitrogens with zero attached hydrogens (tertiary/aromatic N) is 1. The van der Waals surface area contributed by atoms with Gasteiger partial charge in [-0.2, -0.15) is 0 Å². The van der Waals surface area contributed by atoms with Crippen LogP contribution < -0.4 is 5.48 Å². The molecule has 0 fully saturated rings. The number of aromatic nitrogens is 1. The molecule has 0 saturated carbocycles. The third kappa shape index (κ3) is 2.02. The van der Waals surface area contributed by atoms with E-state index in [0.717, 1.165) is 4.88 Å². The van der Waals surface area contributed by atoms with Gasteiger partial charge in [0.15, 0.2) is 3.92 Å². The highest BCUT2D eigenvalue weighted by Crippen LogP contribution is 2.21. The summed E-state index contributed by atoms with van der Waals surface area (Å²) in [5, 5.41) is 0. The molecule has 1 aromatic heterocycles. The van der Waals surface area contributed by atoms with Crippen LogP contribution in [0.1, 0.15) is 15.4 Å². The maximum absolute atomic E-state index is 11.2. The number of carbonyl (C=O) groups excluding carboxylic acids is 1. The molecule has 1 rings (SSSR count). The summed E-state index contributed by atoms with van der Waals surface area (Å²) in [5.41, 5.74) is 2.60. The molecule has 0 aromatic carbocycles. The Labute approximate surface area is 82.0 Å². The van der Waals surface area contributed by atoms with Crippen molar-refractivity contribution in [1.29, 1.82) is 0 Å². The van der Waals surface area contributed by atoms with Crippen molar-refractivity contribution in [2.75, 3.05) is 7.11 Å². The summed E-state index contributed by atoms with van der Waals surface area (Å²) in [4.78, 5) is 20.5. The van der Waals surface area contributed by atoms with Gasteiger partial charge in [0.1, 0.15) is 5.69 Å². The van der Waals surface area contributed by atoms with Crippen molar-refractivity contribution in [3.8, 4) is 0 Å². The van der Waals surface area contributed by atoms with Gasteiger partial charge >= 0.3 is 0 Å². The highest BCUT2D eigenvalue weighted by molar-refractivity contribution is 9.11. The fraction of sp³-hybridized carbons (Fsp3) is 0.333. The van der Waals surface area contributed by atoms with Gasteiger partial charge < -0.3 is 0 Å². The third-order valence-corrected chi connectivity index (χ3v) is 2.60.